The minimum Gasteiger partial charge on any atom is -0.322 e. The monoisotopic (exact) mass is 358 g/mol. The third-order valence-corrected chi connectivity index (χ3v) is 3.75. The Kier molecular flexibility index (Phi) is 3.46. The van der Waals surface area contributed by atoms with E-state index in [-0.39, 0.29) is 22.5 Å². The Morgan fingerprint density at radius 1 is 1.08 bits per heavy atom. The third kappa shape index (κ3) is 2.31. The van der Waals surface area contributed by atoms with Crippen molar-refractivity contribution in [3.8, 4) is 0 Å². The number of imide groups is 1. The van der Waals surface area contributed by atoms with Gasteiger partial charge >= 0.3 is 5.97 Å². The quantitative estimate of drug-likeness (QED) is 0.665. The molecule has 0 saturated carbocycles. The minimum atomic E-state index is -2.83. The van der Waals surface area contributed by atoms with Crippen LogP contribution in [-0.2, 0) is 4.84 Å². The summed E-state index contributed by atoms with van der Waals surface area (Å²) in [5, 5.41) is 4.04. The van der Waals surface area contributed by atoms with Gasteiger partial charge in [-0.3, -0.25) is 9.59 Å². The first-order valence-electron chi connectivity index (χ1n) is 7.30. The SMILES string of the molecule is O=C(ON1C(=O)c2ccccc2C1=O)c1cc2nccc(C(F)F)n2n1. The molecular formula is C16H8F2N4O4. The maximum Gasteiger partial charge on any atom is 0.384 e. The van der Waals surface area contributed by atoms with E-state index in [1.807, 2.05) is 0 Å². The largest absolute Gasteiger partial charge is 0.384 e. The van der Waals surface area contributed by atoms with Gasteiger partial charge < -0.3 is 4.84 Å². The molecule has 3 heterocycles. The second-order valence-electron chi connectivity index (χ2n) is 5.30. The predicted octanol–water partition coefficient (Wildman–Crippen LogP) is 2.03. The molecule has 0 atom stereocenters. The summed E-state index contributed by atoms with van der Waals surface area (Å²) < 4.78 is 26.8. The highest BCUT2D eigenvalue weighted by atomic mass is 19.3. The van der Waals surface area contributed by atoms with Gasteiger partial charge in [-0.2, -0.15) is 5.10 Å². The zero-order valence-electron chi connectivity index (χ0n) is 12.8. The summed E-state index contributed by atoms with van der Waals surface area (Å²) in [6.07, 6.45) is -1.68. The zero-order chi connectivity index (χ0) is 18.4. The van der Waals surface area contributed by atoms with Crippen LogP contribution in [0.15, 0.2) is 42.6 Å². The predicted molar refractivity (Wildman–Crippen MR) is 80.3 cm³/mol. The van der Waals surface area contributed by atoms with Crippen molar-refractivity contribution in [2.75, 3.05) is 0 Å². The number of amides is 2. The van der Waals surface area contributed by atoms with Crippen LogP contribution in [-0.4, -0.2) is 37.4 Å². The van der Waals surface area contributed by atoms with Gasteiger partial charge in [0.25, 0.3) is 18.2 Å². The number of hydrogen-bond donors (Lipinski definition) is 0. The Labute approximate surface area is 143 Å². The van der Waals surface area contributed by atoms with Crippen molar-refractivity contribution in [2.24, 2.45) is 0 Å². The molecule has 1 aliphatic rings. The fourth-order valence-electron chi connectivity index (χ4n) is 2.56. The van der Waals surface area contributed by atoms with E-state index < -0.39 is 29.9 Å². The van der Waals surface area contributed by atoms with E-state index in [2.05, 4.69) is 10.1 Å². The molecule has 0 saturated heterocycles. The topological polar surface area (TPSA) is 93.9 Å². The van der Waals surface area contributed by atoms with Gasteiger partial charge in [0.2, 0.25) is 0 Å². The number of fused-ring (bicyclic) bond motifs is 2. The molecule has 0 bridgehead atoms. The van der Waals surface area contributed by atoms with Gasteiger partial charge in [0, 0.05) is 12.3 Å². The van der Waals surface area contributed by atoms with Crippen LogP contribution in [0.1, 0.15) is 43.3 Å². The molecule has 26 heavy (non-hydrogen) atoms. The van der Waals surface area contributed by atoms with E-state index in [0.717, 1.165) is 22.8 Å². The van der Waals surface area contributed by atoms with Gasteiger partial charge in [-0.25, -0.2) is 23.1 Å². The first-order chi connectivity index (χ1) is 12.5. The molecule has 0 unspecified atom stereocenters. The normalized spacial score (nSPS) is 13.6. The summed E-state index contributed by atoms with van der Waals surface area (Å²) in [6, 6.07) is 8.15. The van der Waals surface area contributed by atoms with Gasteiger partial charge in [0.15, 0.2) is 11.3 Å². The second kappa shape index (κ2) is 5.69. The molecule has 0 radical (unpaired) electrons. The number of alkyl halides is 2. The van der Waals surface area contributed by atoms with Crippen LogP contribution in [0.2, 0.25) is 0 Å². The Morgan fingerprint density at radius 3 is 2.35 bits per heavy atom. The van der Waals surface area contributed by atoms with Crippen molar-refractivity contribution < 1.29 is 28.0 Å². The van der Waals surface area contributed by atoms with Crippen molar-refractivity contribution in [3.63, 3.8) is 0 Å². The molecule has 4 rings (SSSR count). The number of carbonyl (C=O) groups is 3. The first-order valence-corrected chi connectivity index (χ1v) is 7.30. The number of hydroxylamine groups is 2. The van der Waals surface area contributed by atoms with Crippen LogP contribution in [0.4, 0.5) is 8.78 Å². The highest BCUT2D eigenvalue weighted by molar-refractivity contribution is 6.21. The standard InChI is InChI=1S/C16H8F2N4O4/c17-13(18)11-5-6-19-12-7-10(20-21(11)12)16(25)26-22-14(23)8-3-1-2-4-9(8)15(22)24/h1-7,13H. The Hall–Kier alpha value is -3.69. The maximum atomic E-state index is 13.0. The van der Waals surface area contributed by atoms with Gasteiger partial charge in [0.1, 0.15) is 5.69 Å². The fraction of sp³-hybridized carbons (Fsp3) is 0.0625. The lowest BCUT2D eigenvalue weighted by molar-refractivity contribution is -0.0588. The van der Waals surface area contributed by atoms with Crippen molar-refractivity contribution in [2.45, 2.75) is 6.43 Å². The number of aromatic nitrogens is 3. The van der Waals surface area contributed by atoms with E-state index in [1.54, 1.807) is 12.1 Å². The molecule has 0 fully saturated rings. The van der Waals surface area contributed by atoms with Crippen LogP contribution in [0, 0.1) is 0 Å². The molecule has 3 aromatic rings. The molecular weight excluding hydrogens is 350 g/mol. The number of halogens is 2. The van der Waals surface area contributed by atoms with Crippen LogP contribution in [0.5, 0.6) is 0 Å². The average molecular weight is 358 g/mol. The maximum absolute atomic E-state index is 13.0. The molecule has 2 aromatic heterocycles. The van der Waals surface area contributed by atoms with E-state index in [4.69, 9.17) is 4.84 Å². The number of nitrogens with zero attached hydrogens (tertiary/aromatic N) is 4. The number of carbonyl (C=O) groups excluding carboxylic acids is 3. The summed E-state index contributed by atoms with van der Waals surface area (Å²) >= 11 is 0. The van der Waals surface area contributed by atoms with Crippen molar-refractivity contribution in [1.29, 1.82) is 0 Å². The molecule has 8 nitrogen and oxygen atoms in total. The molecule has 1 aliphatic heterocycles. The number of rotatable bonds is 3. The fourth-order valence-corrected chi connectivity index (χ4v) is 2.56. The summed E-state index contributed by atoms with van der Waals surface area (Å²) in [5.74, 6) is -2.74. The number of hydrogen-bond acceptors (Lipinski definition) is 6. The van der Waals surface area contributed by atoms with Crippen LogP contribution >= 0.6 is 0 Å². The summed E-state index contributed by atoms with van der Waals surface area (Å²) in [6.45, 7) is 0. The second-order valence-corrected chi connectivity index (χ2v) is 5.30. The Bertz CT molecular complexity index is 1040. The van der Waals surface area contributed by atoms with Gasteiger partial charge in [-0.1, -0.05) is 17.2 Å². The van der Waals surface area contributed by atoms with Crippen LogP contribution < -0.4 is 0 Å². The van der Waals surface area contributed by atoms with E-state index in [1.165, 1.54) is 12.1 Å². The minimum absolute atomic E-state index is 0.00267. The smallest absolute Gasteiger partial charge is 0.322 e. The first kappa shape index (κ1) is 15.8. The van der Waals surface area contributed by atoms with Gasteiger partial charge in [0.05, 0.1) is 11.1 Å². The highest BCUT2D eigenvalue weighted by Gasteiger charge is 2.39. The molecule has 0 aliphatic carbocycles. The Morgan fingerprint density at radius 2 is 1.73 bits per heavy atom. The zero-order valence-corrected chi connectivity index (χ0v) is 12.8. The van der Waals surface area contributed by atoms with Gasteiger partial charge in [-0.05, 0) is 18.2 Å². The van der Waals surface area contributed by atoms with Crippen LogP contribution in [0.25, 0.3) is 5.65 Å². The molecule has 2 amide bonds. The molecule has 1 aromatic carbocycles. The highest BCUT2D eigenvalue weighted by Crippen LogP contribution is 2.24. The summed E-state index contributed by atoms with van der Waals surface area (Å²) in [4.78, 5) is 45.3. The lowest BCUT2D eigenvalue weighted by Crippen LogP contribution is -2.32. The third-order valence-electron chi connectivity index (χ3n) is 3.75. The molecule has 10 heteroatoms. The summed E-state index contributed by atoms with van der Waals surface area (Å²) in [7, 11) is 0. The number of benzene rings is 1. The van der Waals surface area contributed by atoms with Crippen molar-refractivity contribution in [1.82, 2.24) is 19.7 Å². The Balaban J connectivity index is 1.64. The lowest BCUT2D eigenvalue weighted by atomic mass is 10.1. The summed E-state index contributed by atoms with van der Waals surface area (Å²) in [5.41, 5.74) is -0.641. The van der Waals surface area contributed by atoms with E-state index in [9.17, 15) is 23.2 Å². The molecule has 0 N–H and O–H groups in total. The molecule has 130 valence electrons. The van der Waals surface area contributed by atoms with Crippen molar-refractivity contribution in [3.05, 3.63) is 65.1 Å². The lowest BCUT2D eigenvalue weighted by Gasteiger charge is -2.11. The van der Waals surface area contributed by atoms with Crippen molar-refractivity contribution >= 4 is 23.4 Å². The molecule has 0 spiro atoms. The van der Waals surface area contributed by atoms with Crippen LogP contribution in [0.3, 0.4) is 0 Å². The van der Waals surface area contributed by atoms with E-state index in [0.29, 0.717) is 5.06 Å². The van der Waals surface area contributed by atoms with E-state index >= 15 is 0 Å². The van der Waals surface area contributed by atoms with Gasteiger partial charge in [-0.15, -0.1) is 0 Å². The average Bonchev–Trinajstić information content (AvgIpc) is 3.17.